The summed E-state index contributed by atoms with van der Waals surface area (Å²) in [5.74, 6) is -0.469. The van der Waals surface area contributed by atoms with E-state index in [0.29, 0.717) is 13.2 Å². The Kier molecular flexibility index (Phi) is 4.19. The molecule has 0 amide bonds. The third kappa shape index (κ3) is 2.88. The van der Waals surface area contributed by atoms with Crippen LogP contribution in [0.3, 0.4) is 0 Å². The summed E-state index contributed by atoms with van der Waals surface area (Å²) in [6.45, 7) is 5.73. The van der Waals surface area contributed by atoms with Gasteiger partial charge in [-0.05, 0) is 13.3 Å². The van der Waals surface area contributed by atoms with Crippen molar-refractivity contribution < 1.29 is 9.47 Å². The number of hydrogen-bond donors (Lipinski definition) is 0. The second kappa shape index (κ2) is 5.65. The Bertz CT molecular complexity index is 336. The predicted octanol–water partition coefficient (Wildman–Crippen LogP) is 3.77. The van der Waals surface area contributed by atoms with E-state index >= 15 is 0 Å². The SMILES string of the molecule is CCCCCC1(c2ccc(C)cc2)OCCO1. The normalized spacial score (nSPS) is 18.5. The number of unbranched alkanes of at least 4 members (excludes halogenated alkanes) is 2. The van der Waals surface area contributed by atoms with Crippen molar-refractivity contribution in [2.45, 2.75) is 45.3 Å². The molecule has 1 aliphatic heterocycles. The minimum absolute atomic E-state index is 0.469. The van der Waals surface area contributed by atoms with Gasteiger partial charge in [-0.2, -0.15) is 0 Å². The zero-order chi connectivity index (χ0) is 12.1. The van der Waals surface area contributed by atoms with Gasteiger partial charge in [-0.15, -0.1) is 0 Å². The summed E-state index contributed by atoms with van der Waals surface area (Å²) in [7, 11) is 0. The molecular formula is C15H22O2. The van der Waals surface area contributed by atoms with Gasteiger partial charge in [0.15, 0.2) is 5.79 Å². The van der Waals surface area contributed by atoms with Crippen molar-refractivity contribution in [1.29, 1.82) is 0 Å². The maximum Gasteiger partial charge on any atom is 0.194 e. The maximum atomic E-state index is 5.89. The highest BCUT2D eigenvalue weighted by Gasteiger charge is 2.37. The topological polar surface area (TPSA) is 18.5 Å². The second-order valence-electron chi connectivity index (χ2n) is 4.77. The number of hydrogen-bond acceptors (Lipinski definition) is 2. The van der Waals surface area contributed by atoms with Crippen LogP contribution in [0.25, 0.3) is 0 Å². The molecule has 1 aliphatic rings. The van der Waals surface area contributed by atoms with Gasteiger partial charge < -0.3 is 9.47 Å². The van der Waals surface area contributed by atoms with Crippen molar-refractivity contribution in [3.05, 3.63) is 35.4 Å². The van der Waals surface area contributed by atoms with Crippen LogP contribution in [0.1, 0.15) is 43.7 Å². The van der Waals surface area contributed by atoms with E-state index in [1.165, 1.54) is 18.4 Å². The van der Waals surface area contributed by atoms with Gasteiger partial charge in [-0.25, -0.2) is 0 Å². The Morgan fingerprint density at radius 2 is 1.71 bits per heavy atom. The monoisotopic (exact) mass is 234 g/mol. The van der Waals surface area contributed by atoms with E-state index in [0.717, 1.165) is 18.4 Å². The molecule has 0 saturated carbocycles. The Morgan fingerprint density at radius 1 is 1.06 bits per heavy atom. The molecule has 2 rings (SSSR count). The number of rotatable bonds is 5. The third-order valence-electron chi connectivity index (χ3n) is 3.35. The first-order chi connectivity index (χ1) is 8.27. The van der Waals surface area contributed by atoms with Gasteiger partial charge in [0, 0.05) is 12.0 Å². The van der Waals surface area contributed by atoms with E-state index in [-0.39, 0.29) is 0 Å². The highest BCUT2D eigenvalue weighted by atomic mass is 16.7. The van der Waals surface area contributed by atoms with Gasteiger partial charge in [0.05, 0.1) is 13.2 Å². The fourth-order valence-corrected chi connectivity index (χ4v) is 2.33. The Hall–Kier alpha value is -0.860. The van der Waals surface area contributed by atoms with Gasteiger partial charge in [0.25, 0.3) is 0 Å². The Morgan fingerprint density at radius 3 is 2.29 bits per heavy atom. The molecule has 1 saturated heterocycles. The maximum absolute atomic E-state index is 5.89. The lowest BCUT2D eigenvalue weighted by Gasteiger charge is -2.28. The van der Waals surface area contributed by atoms with Crippen LogP contribution < -0.4 is 0 Å². The quantitative estimate of drug-likeness (QED) is 0.722. The molecule has 0 bridgehead atoms. The van der Waals surface area contributed by atoms with E-state index in [9.17, 15) is 0 Å². The van der Waals surface area contributed by atoms with Crippen LogP contribution in [0, 0.1) is 6.92 Å². The minimum atomic E-state index is -0.469. The van der Waals surface area contributed by atoms with Gasteiger partial charge in [0.2, 0.25) is 0 Å². The third-order valence-corrected chi connectivity index (χ3v) is 3.35. The molecule has 17 heavy (non-hydrogen) atoms. The van der Waals surface area contributed by atoms with E-state index in [2.05, 4.69) is 38.1 Å². The highest BCUT2D eigenvalue weighted by Crippen LogP contribution is 2.36. The van der Waals surface area contributed by atoms with Crippen molar-refractivity contribution in [1.82, 2.24) is 0 Å². The minimum Gasteiger partial charge on any atom is -0.343 e. The molecule has 1 aromatic rings. The average molecular weight is 234 g/mol. The zero-order valence-corrected chi connectivity index (χ0v) is 10.9. The van der Waals surface area contributed by atoms with Crippen molar-refractivity contribution >= 4 is 0 Å². The summed E-state index contributed by atoms with van der Waals surface area (Å²) < 4.78 is 11.8. The lowest BCUT2D eigenvalue weighted by atomic mass is 9.98. The van der Waals surface area contributed by atoms with Crippen molar-refractivity contribution in [3.8, 4) is 0 Å². The molecule has 0 unspecified atom stereocenters. The number of benzene rings is 1. The van der Waals surface area contributed by atoms with Crippen LogP contribution in [0.15, 0.2) is 24.3 Å². The van der Waals surface area contributed by atoms with Gasteiger partial charge in [-0.1, -0.05) is 49.6 Å². The molecule has 0 spiro atoms. The van der Waals surface area contributed by atoms with E-state index in [1.54, 1.807) is 0 Å². The molecule has 1 aromatic carbocycles. The first-order valence-corrected chi connectivity index (χ1v) is 6.62. The summed E-state index contributed by atoms with van der Waals surface area (Å²) in [6.07, 6.45) is 4.58. The fraction of sp³-hybridized carbons (Fsp3) is 0.600. The average Bonchev–Trinajstić information content (AvgIpc) is 2.80. The number of aryl methyl sites for hydroxylation is 1. The molecule has 94 valence electrons. The summed E-state index contributed by atoms with van der Waals surface area (Å²) >= 11 is 0. The number of ether oxygens (including phenoxy) is 2. The standard InChI is InChI=1S/C15H22O2/c1-3-4-5-10-15(16-11-12-17-15)14-8-6-13(2)7-9-14/h6-9H,3-5,10-12H2,1-2H3. The van der Waals surface area contributed by atoms with Crippen LogP contribution in [0.5, 0.6) is 0 Å². The summed E-state index contributed by atoms with van der Waals surface area (Å²) in [6, 6.07) is 8.52. The van der Waals surface area contributed by atoms with E-state index in [1.807, 2.05) is 0 Å². The molecule has 2 heteroatoms. The van der Waals surface area contributed by atoms with Gasteiger partial charge in [-0.3, -0.25) is 0 Å². The Labute approximate surface area is 104 Å². The largest absolute Gasteiger partial charge is 0.343 e. The van der Waals surface area contributed by atoms with Crippen LogP contribution >= 0.6 is 0 Å². The van der Waals surface area contributed by atoms with Crippen LogP contribution in [-0.2, 0) is 15.3 Å². The van der Waals surface area contributed by atoms with Gasteiger partial charge >= 0.3 is 0 Å². The van der Waals surface area contributed by atoms with Crippen LogP contribution in [-0.4, -0.2) is 13.2 Å². The van der Waals surface area contributed by atoms with Crippen molar-refractivity contribution in [2.24, 2.45) is 0 Å². The zero-order valence-electron chi connectivity index (χ0n) is 10.9. The molecule has 0 aliphatic carbocycles. The molecular weight excluding hydrogens is 212 g/mol. The second-order valence-corrected chi connectivity index (χ2v) is 4.77. The first kappa shape index (κ1) is 12.6. The molecule has 1 fully saturated rings. The predicted molar refractivity (Wildman–Crippen MR) is 68.9 cm³/mol. The van der Waals surface area contributed by atoms with E-state index < -0.39 is 5.79 Å². The van der Waals surface area contributed by atoms with Crippen molar-refractivity contribution in [2.75, 3.05) is 13.2 Å². The molecule has 0 atom stereocenters. The molecule has 0 N–H and O–H groups in total. The molecule has 1 heterocycles. The molecule has 2 nitrogen and oxygen atoms in total. The smallest absolute Gasteiger partial charge is 0.194 e. The van der Waals surface area contributed by atoms with Gasteiger partial charge in [0.1, 0.15) is 0 Å². The van der Waals surface area contributed by atoms with Crippen LogP contribution in [0.2, 0.25) is 0 Å². The van der Waals surface area contributed by atoms with Crippen LogP contribution in [0.4, 0.5) is 0 Å². The summed E-state index contributed by atoms with van der Waals surface area (Å²) in [4.78, 5) is 0. The first-order valence-electron chi connectivity index (χ1n) is 6.62. The lowest BCUT2D eigenvalue weighted by molar-refractivity contribution is -0.171. The summed E-state index contributed by atoms with van der Waals surface area (Å²) in [5.41, 5.74) is 2.44. The summed E-state index contributed by atoms with van der Waals surface area (Å²) in [5, 5.41) is 0. The lowest BCUT2D eigenvalue weighted by Crippen LogP contribution is -2.27. The highest BCUT2D eigenvalue weighted by molar-refractivity contribution is 5.25. The van der Waals surface area contributed by atoms with Crippen molar-refractivity contribution in [3.63, 3.8) is 0 Å². The molecule has 0 aromatic heterocycles. The Balaban J connectivity index is 2.12. The van der Waals surface area contributed by atoms with E-state index in [4.69, 9.17) is 9.47 Å². The fourth-order valence-electron chi connectivity index (χ4n) is 2.33. The molecule has 0 radical (unpaired) electrons.